The molecule has 1 saturated carbocycles. The Labute approximate surface area is 165 Å². The lowest BCUT2D eigenvalue weighted by atomic mass is 9.85. The fourth-order valence-electron chi connectivity index (χ4n) is 4.52. The van der Waals surface area contributed by atoms with Gasteiger partial charge < -0.3 is 19.1 Å². The van der Waals surface area contributed by atoms with Gasteiger partial charge in [-0.3, -0.25) is 4.79 Å². The van der Waals surface area contributed by atoms with Crippen LogP contribution >= 0.6 is 0 Å². The third kappa shape index (κ3) is 3.26. The minimum absolute atomic E-state index is 0.0673. The highest BCUT2D eigenvalue weighted by atomic mass is 19.4. The molecular weight excluding hydrogens is 387 g/mol. The second-order valence-corrected chi connectivity index (χ2v) is 7.54. The highest BCUT2D eigenvalue weighted by Crippen LogP contribution is 2.50. The summed E-state index contributed by atoms with van der Waals surface area (Å²) in [6.07, 6.45) is -1.89. The van der Waals surface area contributed by atoms with Crippen molar-refractivity contribution in [3.05, 3.63) is 47.5 Å². The molecular formula is C21H18F3NO4. The molecule has 0 amide bonds. The molecule has 1 aliphatic carbocycles. The number of carbonyl (C=O) groups is 1. The summed E-state index contributed by atoms with van der Waals surface area (Å²) < 4.78 is 52.5. The molecule has 2 atom stereocenters. The van der Waals surface area contributed by atoms with E-state index in [1.54, 1.807) is 12.1 Å². The standard InChI is InChI=1S/C21H18F3NO4/c22-21(23,24)29-13-6-4-12(5-7-13)25-10-17-18(27-11-25)9-8-15-14-2-1-3-16(14)20(26)28-19(15)17/h4-9,14,16H,1-3,10-11H2. The number of esters is 1. The van der Waals surface area contributed by atoms with Gasteiger partial charge in [0, 0.05) is 11.6 Å². The van der Waals surface area contributed by atoms with Gasteiger partial charge in [0.05, 0.1) is 18.0 Å². The van der Waals surface area contributed by atoms with Crippen LogP contribution in [0.15, 0.2) is 36.4 Å². The van der Waals surface area contributed by atoms with E-state index in [1.165, 1.54) is 12.1 Å². The molecule has 2 aliphatic heterocycles. The van der Waals surface area contributed by atoms with E-state index < -0.39 is 6.36 Å². The van der Waals surface area contributed by atoms with Crippen molar-refractivity contribution in [2.75, 3.05) is 11.6 Å². The van der Waals surface area contributed by atoms with E-state index in [-0.39, 0.29) is 30.3 Å². The predicted molar refractivity (Wildman–Crippen MR) is 97.0 cm³/mol. The van der Waals surface area contributed by atoms with E-state index in [2.05, 4.69) is 4.74 Å². The summed E-state index contributed by atoms with van der Waals surface area (Å²) in [6.45, 7) is 0.675. The van der Waals surface area contributed by atoms with Crippen LogP contribution in [0.25, 0.3) is 0 Å². The fourth-order valence-corrected chi connectivity index (χ4v) is 4.52. The lowest BCUT2D eigenvalue weighted by molar-refractivity contribution is -0.274. The van der Waals surface area contributed by atoms with Crippen LogP contribution in [-0.4, -0.2) is 19.1 Å². The first-order valence-electron chi connectivity index (χ1n) is 9.50. The summed E-state index contributed by atoms with van der Waals surface area (Å²) in [6, 6.07) is 9.53. The summed E-state index contributed by atoms with van der Waals surface area (Å²) in [5, 5.41) is 0. The van der Waals surface area contributed by atoms with Crippen molar-refractivity contribution in [3.8, 4) is 17.2 Å². The molecule has 29 heavy (non-hydrogen) atoms. The van der Waals surface area contributed by atoms with Gasteiger partial charge in [-0.15, -0.1) is 13.2 Å². The average molecular weight is 405 g/mol. The molecule has 0 saturated heterocycles. The summed E-state index contributed by atoms with van der Waals surface area (Å²) in [5.74, 6) is 0.907. The number of alkyl halides is 3. The van der Waals surface area contributed by atoms with Gasteiger partial charge in [-0.1, -0.05) is 12.5 Å². The number of fused-ring (bicyclic) bond motifs is 5. The second kappa shape index (κ2) is 6.57. The second-order valence-electron chi connectivity index (χ2n) is 7.54. The van der Waals surface area contributed by atoms with Crippen molar-refractivity contribution in [1.82, 2.24) is 0 Å². The van der Waals surface area contributed by atoms with Crippen LogP contribution in [0.1, 0.15) is 36.3 Å². The Morgan fingerprint density at radius 1 is 1.03 bits per heavy atom. The number of ether oxygens (including phenoxy) is 3. The maximum atomic E-state index is 12.4. The summed E-state index contributed by atoms with van der Waals surface area (Å²) in [4.78, 5) is 14.3. The molecule has 3 aliphatic rings. The first-order valence-corrected chi connectivity index (χ1v) is 9.50. The zero-order chi connectivity index (χ0) is 20.2. The molecule has 5 nitrogen and oxygen atoms in total. The summed E-state index contributed by atoms with van der Waals surface area (Å²) in [7, 11) is 0. The fraction of sp³-hybridized carbons (Fsp3) is 0.381. The van der Waals surface area contributed by atoms with Crippen LogP contribution in [0, 0.1) is 5.92 Å². The van der Waals surface area contributed by atoms with E-state index >= 15 is 0 Å². The van der Waals surface area contributed by atoms with Crippen molar-refractivity contribution < 1.29 is 32.2 Å². The molecule has 2 heterocycles. The van der Waals surface area contributed by atoms with Gasteiger partial charge in [0.2, 0.25) is 0 Å². The molecule has 5 rings (SSSR count). The van der Waals surface area contributed by atoms with Crippen LogP contribution in [-0.2, 0) is 11.3 Å². The molecule has 152 valence electrons. The predicted octanol–water partition coefficient (Wildman–Crippen LogP) is 4.74. The smallest absolute Gasteiger partial charge is 0.473 e. The van der Waals surface area contributed by atoms with Gasteiger partial charge in [-0.05, 0) is 48.7 Å². The number of anilines is 1. The number of hydrogen-bond acceptors (Lipinski definition) is 5. The monoisotopic (exact) mass is 405 g/mol. The molecule has 2 aromatic rings. The number of benzene rings is 2. The maximum Gasteiger partial charge on any atom is 0.573 e. The molecule has 2 aromatic carbocycles. The van der Waals surface area contributed by atoms with Crippen LogP contribution < -0.4 is 19.1 Å². The van der Waals surface area contributed by atoms with E-state index in [1.807, 2.05) is 17.0 Å². The van der Waals surface area contributed by atoms with E-state index in [0.717, 1.165) is 30.4 Å². The molecule has 1 fully saturated rings. The normalized spacial score (nSPS) is 22.9. The van der Waals surface area contributed by atoms with E-state index in [4.69, 9.17) is 9.47 Å². The minimum atomic E-state index is -4.73. The largest absolute Gasteiger partial charge is 0.573 e. The number of halogens is 3. The van der Waals surface area contributed by atoms with Crippen LogP contribution in [0.4, 0.5) is 18.9 Å². The Morgan fingerprint density at radius 3 is 2.55 bits per heavy atom. The minimum Gasteiger partial charge on any atom is -0.473 e. The van der Waals surface area contributed by atoms with E-state index in [0.29, 0.717) is 23.7 Å². The quantitative estimate of drug-likeness (QED) is 0.533. The SMILES string of the molecule is O=C1Oc2c(ccc3c2CN(c2ccc(OC(F)(F)F)cc2)CO3)C2CCCC12. The summed E-state index contributed by atoms with van der Waals surface area (Å²) in [5.41, 5.74) is 2.52. The van der Waals surface area contributed by atoms with Crippen molar-refractivity contribution in [2.24, 2.45) is 5.92 Å². The van der Waals surface area contributed by atoms with E-state index in [9.17, 15) is 18.0 Å². The zero-order valence-electron chi connectivity index (χ0n) is 15.4. The van der Waals surface area contributed by atoms with Crippen molar-refractivity contribution in [2.45, 2.75) is 38.1 Å². The number of carbonyl (C=O) groups excluding carboxylic acids is 1. The maximum absolute atomic E-state index is 12.4. The summed E-state index contributed by atoms with van der Waals surface area (Å²) >= 11 is 0. The highest BCUT2D eigenvalue weighted by molar-refractivity contribution is 5.81. The molecule has 0 N–H and O–H groups in total. The molecule has 2 unspecified atom stereocenters. The first-order chi connectivity index (χ1) is 13.9. The zero-order valence-corrected chi connectivity index (χ0v) is 15.4. The molecule has 0 radical (unpaired) electrons. The van der Waals surface area contributed by atoms with Gasteiger partial charge in [-0.2, -0.15) is 0 Å². The van der Waals surface area contributed by atoms with Crippen molar-refractivity contribution >= 4 is 11.7 Å². The molecule has 0 aromatic heterocycles. The van der Waals surface area contributed by atoms with Gasteiger partial charge in [0.15, 0.2) is 6.73 Å². The average Bonchev–Trinajstić information content (AvgIpc) is 3.18. The third-order valence-electron chi connectivity index (χ3n) is 5.83. The molecule has 0 bridgehead atoms. The van der Waals surface area contributed by atoms with Gasteiger partial charge in [0.1, 0.15) is 17.2 Å². The van der Waals surface area contributed by atoms with Crippen molar-refractivity contribution in [1.29, 1.82) is 0 Å². The van der Waals surface area contributed by atoms with Gasteiger partial charge in [0.25, 0.3) is 0 Å². The van der Waals surface area contributed by atoms with Crippen molar-refractivity contribution in [3.63, 3.8) is 0 Å². The van der Waals surface area contributed by atoms with Gasteiger partial charge in [-0.25, -0.2) is 0 Å². The van der Waals surface area contributed by atoms with Crippen LogP contribution in [0.5, 0.6) is 17.2 Å². The Bertz CT molecular complexity index is 958. The lowest BCUT2D eigenvalue weighted by Crippen LogP contribution is -2.34. The number of hydrogen-bond donors (Lipinski definition) is 0. The first kappa shape index (κ1) is 18.1. The topological polar surface area (TPSA) is 48.0 Å². The Balaban J connectivity index is 1.42. The highest BCUT2D eigenvalue weighted by Gasteiger charge is 2.42. The molecule has 8 heteroatoms. The third-order valence-corrected chi connectivity index (χ3v) is 5.83. The Morgan fingerprint density at radius 2 is 1.79 bits per heavy atom. The number of nitrogens with zero attached hydrogens (tertiary/aromatic N) is 1. The lowest BCUT2D eigenvalue weighted by Gasteiger charge is -2.35. The van der Waals surface area contributed by atoms with Crippen LogP contribution in [0.3, 0.4) is 0 Å². The Kier molecular flexibility index (Phi) is 4.11. The van der Waals surface area contributed by atoms with Gasteiger partial charge >= 0.3 is 12.3 Å². The van der Waals surface area contributed by atoms with Crippen LogP contribution in [0.2, 0.25) is 0 Å². The Hall–Kier alpha value is -2.90. The molecule has 0 spiro atoms. The number of rotatable bonds is 2.